The summed E-state index contributed by atoms with van der Waals surface area (Å²) in [5, 5.41) is 0.841. The third-order valence-corrected chi connectivity index (χ3v) is 4.56. The molecule has 0 spiro atoms. The number of carbonyl (C=O) groups excluding carboxylic acids is 2. The molecular formula is C21H17NO6. The first kappa shape index (κ1) is 17.8. The predicted molar refractivity (Wildman–Crippen MR) is 99.5 cm³/mol. The van der Waals surface area contributed by atoms with Crippen LogP contribution in [0.4, 0.5) is 0 Å². The molecule has 1 aliphatic rings. The third kappa shape index (κ3) is 3.11. The minimum atomic E-state index is -0.554. The number of aryl methyl sites for hydroxylation is 1. The van der Waals surface area contributed by atoms with E-state index in [2.05, 4.69) is 4.98 Å². The van der Waals surface area contributed by atoms with Gasteiger partial charge < -0.3 is 18.9 Å². The first-order chi connectivity index (χ1) is 13.6. The van der Waals surface area contributed by atoms with E-state index >= 15 is 0 Å². The lowest BCUT2D eigenvalue weighted by Crippen LogP contribution is -2.14. The van der Waals surface area contributed by atoms with Crippen LogP contribution in [0.5, 0.6) is 11.5 Å². The molecule has 0 atom stereocenters. The molecule has 0 radical (unpaired) electrons. The second-order valence-electron chi connectivity index (χ2n) is 6.21. The molecule has 0 fully saturated rings. The summed E-state index contributed by atoms with van der Waals surface area (Å²) in [4.78, 5) is 29.3. The Bertz CT molecular complexity index is 1090. The zero-order valence-corrected chi connectivity index (χ0v) is 15.4. The van der Waals surface area contributed by atoms with E-state index in [9.17, 15) is 9.59 Å². The van der Waals surface area contributed by atoms with Crippen LogP contribution in [-0.2, 0) is 16.1 Å². The summed E-state index contributed by atoms with van der Waals surface area (Å²) < 4.78 is 20.8. The first-order valence-electron chi connectivity index (χ1n) is 8.62. The van der Waals surface area contributed by atoms with Crippen LogP contribution in [0, 0.1) is 6.92 Å². The molecule has 28 heavy (non-hydrogen) atoms. The van der Waals surface area contributed by atoms with Gasteiger partial charge in [0.15, 0.2) is 11.5 Å². The maximum atomic E-state index is 12.5. The second kappa shape index (κ2) is 7.19. The Kier molecular flexibility index (Phi) is 4.57. The van der Waals surface area contributed by atoms with Gasteiger partial charge >= 0.3 is 11.9 Å². The normalized spacial score (nSPS) is 12.1. The van der Waals surface area contributed by atoms with Gasteiger partial charge in [0.1, 0.15) is 6.61 Å². The minimum Gasteiger partial charge on any atom is -0.465 e. The van der Waals surface area contributed by atoms with Crippen molar-refractivity contribution < 1.29 is 28.5 Å². The summed E-state index contributed by atoms with van der Waals surface area (Å²) in [6.07, 6.45) is 0. The van der Waals surface area contributed by atoms with Crippen LogP contribution in [0.2, 0.25) is 0 Å². The molecular weight excluding hydrogens is 362 g/mol. The number of carbonyl (C=O) groups is 2. The first-order valence-corrected chi connectivity index (χ1v) is 8.62. The van der Waals surface area contributed by atoms with Gasteiger partial charge in [0.2, 0.25) is 6.79 Å². The standard InChI is InChI=1S/C21H17NO6/c1-12-14-5-3-4-6-15(14)22-16(19(12)21(24)25-2)10-26-20(23)13-7-8-17-18(9-13)28-11-27-17/h3-9H,10-11H2,1-2H3. The molecule has 3 aromatic rings. The van der Waals surface area contributed by atoms with E-state index in [-0.39, 0.29) is 13.4 Å². The zero-order valence-electron chi connectivity index (χ0n) is 15.4. The molecule has 0 saturated carbocycles. The van der Waals surface area contributed by atoms with Crippen molar-refractivity contribution in [2.75, 3.05) is 13.9 Å². The van der Waals surface area contributed by atoms with Gasteiger partial charge in [-0.25, -0.2) is 14.6 Å². The van der Waals surface area contributed by atoms with E-state index < -0.39 is 11.9 Å². The number of fused-ring (bicyclic) bond motifs is 2. The highest BCUT2D eigenvalue weighted by Gasteiger charge is 2.22. The molecule has 0 bridgehead atoms. The largest absolute Gasteiger partial charge is 0.465 e. The number of pyridine rings is 1. The Labute approximate surface area is 160 Å². The zero-order chi connectivity index (χ0) is 19.7. The molecule has 0 unspecified atom stereocenters. The van der Waals surface area contributed by atoms with Crippen molar-refractivity contribution in [2.24, 2.45) is 0 Å². The number of para-hydroxylation sites is 1. The van der Waals surface area contributed by atoms with Crippen LogP contribution in [0.1, 0.15) is 32.0 Å². The Morgan fingerprint density at radius 3 is 2.68 bits per heavy atom. The molecule has 1 aliphatic heterocycles. The smallest absolute Gasteiger partial charge is 0.340 e. The van der Waals surface area contributed by atoms with Gasteiger partial charge in [-0.2, -0.15) is 0 Å². The van der Waals surface area contributed by atoms with Crippen molar-refractivity contribution in [1.29, 1.82) is 0 Å². The van der Waals surface area contributed by atoms with Crippen molar-refractivity contribution in [3.63, 3.8) is 0 Å². The van der Waals surface area contributed by atoms with Crippen molar-refractivity contribution in [3.8, 4) is 11.5 Å². The van der Waals surface area contributed by atoms with Crippen LogP contribution >= 0.6 is 0 Å². The van der Waals surface area contributed by atoms with Gasteiger partial charge in [0.25, 0.3) is 0 Å². The van der Waals surface area contributed by atoms with E-state index in [1.165, 1.54) is 7.11 Å². The number of benzene rings is 2. The molecule has 7 heteroatoms. The molecule has 7 nitrogen and oxygen atoms in total. The summed E-state index contributed by atoms with van der Waals surface area (Å²) in [6.45, 7) is 1.78. The molecule has 0 saturated heterocycles. The molecule has 142 valence electrons. The quantitative estimate of drug-likeness (QED) is 0.642. The van der Waals surface area contributed by atoms with Gasteiger partial charge in [0.05, 0.1) is 29.4 Å². The Hall–Kier alpha value is -3.61. The number of aromatic nitrogens is 1. The highest BCUT2D eigenvalue weighted by molar-refractivity contribution is 5.98. The second-order valence-corrected chi connectivity index (χ2v) is 6.21. The average molecular weight is 379 g/mol. The predicted octanol–water partition coefficient (Wildman–Crippen LogP) is 3.42. The molecule has 0 amide bonds. The molecule has 0 N–H and O–H groups in total. The fraction of sp³-hybridized carbons (Fsp3) is 0.190. The highest BCUT2D eigenvalue weighted by atomic mass is 16.7. The molecule has 2 aromatic carbocycles. The van der Waals surface area contributed by atoms with E-state index in [1.807, 2.05) is 31.2 Å². The summed E-state index contributed by atoms with van der Waals surface area (Å²) in [6, 6.07) is 12.3. The molecule has 4 rings (SSSR count). The fourth-order valence-corrected chi connectivity index (χ4v) is 3.16. The van der Waals surface area contributed by atoms with E-state index in [4.69, 9.17) is 18.9 Å². The number of ether oxygens (including phenoxy) is 4. The van der Waals surface area contributed by atoms with Crippen LogP contribution in [0.3, 0.4) is 0 Å². The molecule has 0 aliphatic carbocycles. The Morgan fingerprint density at radius 1 is 1.07 bits per heavy atom. The van der Waals surface area contributed by atoms with Gasteiger partial charge in [-0.1, -0.05) is 18.2 Å². The van der Waals surface area contributed by atoms with Gasteiger partial charge in [-0.15, -0.1) is 0 Å². The van der Waals surface area contributed by atoms with E-state index in [0.29, 0.717) is 33.8 Å². The Morgan fingerprint density at radius 2 is 1.86 bits per heavy atom. The lowest BCUT2D eigenvalue weighted by atomic mass is 10.0. The molecule has 1 aromatic heterocycles. The summed E-state index contributed by atoms with van der Waals surface area (Å²) in [5.74, 6) is -0.00710. The summed E-state index contributed by atoms with van der Waals surface area (Å²) in [7, 11) is 1.30. The van der Waals surface area contributed by atoms with Crippen LogP contribution < -0.4 is 9.47 Å². The van der Waals surface area contributed by atoms with E-state index in [1.54, 1.807) is 18.2 Å². The van der Waals surface area contributed by atoms with Gasteiger partial charge in [-0.3, -0.25) is 0 Å². The van der Waals surface area contributed by atoms with Crippen LogP contribution in [-0.4, -0.2) is 30.8 Å². The van der Waals surface area contributed by atoms with Crippen molar-refractivity contribution >= 4 is 22.8 Å². The number of esters is 2. The monoisotopic (exact) mass is 379 g/mol. The number of nitrogens with zero attached hydrogens (tertiary/aromatic N) is 1. The summed E-state index contributed by atoms with van der Waals surface area (Å²) >= 11 is 0. The van der Waals surface area contributed by atoms with Crippen molar-refractivity contribution in [2.45, 2.75) is 13.5 Å². The number of methoxy groups -OCH3 is 1. The van der Waals surface area contributed by atoms with Gasteiger partial charge in [-0.05, 0) is 36.8 Å². The lowest BCUT2D eigenvalue weighted by molar-refractivity contribution is 0.0455. The minimum absolute atomic E-state index is 0.122. The van der Waals surface area contributed by atoms with Crippen molar-refractivity contribution in [1.82, 2.24) is 4.98 Å². The highest BCUT2D eigenvalue weighted by Crippen LogP contribution is 2.32. The number of hydrogen-bond acceptors (Lipinski definition) is 7. The third-order valence-electron chi connectivity index (χ3n) is 4.56. The Balaban J connectivity index is 1.63. The average Bonchev–Trinajstić information content (AvgIpc) is 3.19. The SMILES string of the molecule is COC(=O)c1c(COC(=O)c2ccc3c(c2)OCO3)nc2ccccc2c1C. The number of rotatable bonds is 4. The van der Waals surface area contributed by atoms with E-state index in [0.717, 1.165) is 10.9 Å². The fourth-order valence-electron chi connectivity index (χ4n) is 3.16. The van der Waals surface area contributed by atoms with Gasteiger partial charge in [0, 0.05) is 5.39 Å². The maximum Gasteiger partial charge on any atom is 0.340 e. The summed E-state index contributed by atoms with van der Waals surface area (Å²) in [5.41, 5.74) is 2.41. The van der Waals surface area contributed by atoms with Crippen molar-refractivity contribution in [3.05, 3.63) is 64.8 Å². The van der Waals surface area contributed by atoms with Crippen LogP contribution in [0.25, 0.3) is 10.9 Å². The topological polar surface area (TPSA) is 84.0 Å². The lowest BCUT2D eigenvalue weighted by Gasteiger charge is -2.13. The maximum absolute atomic E-state index is 12.5. The van der Waals surface area contributed by atoms with Crippen LogP contribution in [0.15, 0.2) is 42.5 Å². The number of hydrogen-bond donors (Lipinski definition) is 0. The molecule has 2 heterocycles.